The van der Waals surface area contributed by atoms with Crippen molar-refractivity contribution in [3.05, 3.63) is 34.9 Å². The Morgan fingerprint density at radius 1 is 0.962 bits per heavy atom. The number of ketones is 1. The Bertz CT molecular complexity index is 689. The summed E-state index contributed by atoms with van der Waals surface area (Å²) >= 11 is 0. The fourth-order valence-electron chi connectivity index (χ4n) is 4.06. The summed E-state index contributed by atoms with van der Waals surface area (Å²) in [5.41, 5.74) is 3.34. The van der Waals surface area contributed by atoms with Crippen LogP contribution in [0.1, 0.15) is 72.9 Å². The van der Waals surface area contributed by atoms with Gasteiger partial charge in [0.15, 0.2) is 5.78 Å². The van der Waals surface area contributed by atoms with Crippen LogP contribution in [0, 0.1) is 5.92 Å². The number of carboxylic acids is 1. The van der Waals surface area contributed by atoms with E-state index >= 15 is 0 Å². The molecule has 0 aromatic heterocycles. The Labute approximate surface area is 154 Å². The number of amides is 1. The number of hydrogen-bond acceptors (Lipinski definition) is 3. The zero-order chi connectivity index (χ0) is 18.5. The van der Waals surface area contributed by atoms with Gasteiger partial charge in [-0.3, -0.25) is 14.4 Å². The summed E-state index contributed by atoms with van der Waals surface area (Å²) in [6, 6.07) is 5.99. The van der Waals surface area contributed by atoms with Crippen molar-refractivity contribution >= 4 is 17.7 Å². The lowest BCUT2D eigenvalue weighted by molar-refractivity contribution is -0.142. The van der Waals surface area contributed by atoms with E-state index in [2.05, 4.69) is 11.4 Å². The molecule has 2 aliphatic rings. The lowest BCUT2D eigenvalue weighted by atomic mass is 9.86. The van der Waals surface area contributed by atoms with Crippen LogP contribution in [0.25, 0.3) is 0 Å². The van der Waals surface area contributed by atoms with Crippen molar-refractivity contribution in [1.82, 2.24) is 5.32 Å². The van der Waals surface area contributed by atoms with Gasteiger partial charge in [0.1, 0.15) is 0 Å². The Morgan fingerprint density at radius 2 is 1.65 bits per heavy atom. The number of rotatable bonds is 6. The second-order valence-electron chi connectivity index (χ2n) is 7.57. The molecule has 0 heterocycles. The number of nitrogens with one attached hydrogen (secondary N) is 1. The van der Waals surface area contributed by atoms with E-state index in [4.69, 9.17) is 5.11 Å². The zero-order valence-corrected chi connectivity index (χ0v) is 15.1. The van der Waals surface area contributed by atoms with Gasteiger partial charge in [-0.15, -0.1) is 0 Å². The van der Waals surface area contributed by atoms with Crippen molar-refractivity contribution in [2.75, 3.05) is 0 Å². The maximum absolute atomic E-state index is 12.4. The van der Waals surface area contributed by atoms with E-state index in [1.165, 1.54) is 24.0 Å². The summed E-state index contributed by atoms with van der Waals surface area (Å²) in [5, 5.41) is 12.0. The molecule has 0 atom stereocenters. The van der Waals surface area contributed by atoms with Gasteiger partial charge >= 0.3 is 5.97 Å². The number of aryl methyl sites for hydroxylation is 2. The first-order chi connectivity index (χ1) is 12.5. The topological polar surface area (TPSA) is 83.5 Å². The third kappa shape index (κ3) is 4.71. The fourth-order valence-corrected chi connectivity index (χ4v) is 4.06. The molecule has 2 N–H and O–H groups in total. The number of fused-ring (bicyclic) bond motifs is 1. The second-order valence-corrected chi connectivity index (χ2v) is 7.57. The molecule has 1 saturated carbocycles. The van der Waals surface area contributed by atoms with E-state index in [0.717, 1.165) is 12.8 Å². The lowest BCUT2D eigenvalue weighted by Gasteiger charge is -2.26. The van der Waals surface area contributed by atoms with Gasteiger partial charge in [0.25, 0.3) is 0 Å². The molecule has 0 radical (unpaired) electrons. The van der Waals surface area contributed by atoms with Crippen LogP contribution in [0.15, 0.2) is 18.2 Å². The van der Waals surface area contributed by atoms with Crippen molar-refractivity contribution in [3.8, 4) is 0 Å². The van der Waals surface area contributed by atoms with Gasteiger partial charge in [-0.05, 0) is 68.6 Å². The fraction of sp³-hybridized carbons (Fsp3) is 0.571. The highest BCUT2D eigenvalue weighted by Gasteiger charge is 2.26. The smallest absolute Gasteiger partial charge is 0.306 e. The minimum atomic E-state index is -0.745. The van der Waals surface area contributed by atoms with Crippen LogP contribution in [0.3, 0.4) is 0 Å². The number of Topliss-reactive ketones (excluding diaryl/α,β-unsaturated/α-hetero) is 1. The van der Waals surface area contributed by atoms with Crippen LogP contribution >= 0.6 is 0 Å². The quantitative estimate of drug-likeness (QED) is 0.765. The van der Waals surface area contributed by atoms with Gasteiger partial charge < -0.3 is 10.4 Å². The normalized spacial score (nSPS) is 22.3. The van der Waals surface area contributed by atoms with Crippen LogP contribution < -0.4 is 5.32 Å². The number of carbonyl (C=O) groups excluding carboxylic acids is 2. The van der Waals surface area contributed by atoms with E-state index < -0.39 is 5.97 Å². The minimum absolute atomic E-state index is 0.0168. The third-order valence-electron chi connectivity index (χ3n) is 5.69. The molecule has 0 aliphatic heterocycles. The van der Waals surface area contributed by atoms with Crippen LogP contribution in [0.2, 0.25) is 0 Å². The van der Waals surface area contributed by atoms with Crippen molar-refractivity contribution in [1.29, 1.82) is 0 Å². The Balaban J connectivity index is 1.44. The van der Waals surface area contributed by atoms with E-state index in [9.17, 15) is 14.4 Å². The van der Waals surface area contributed by atoms with Crippen molar-refractivity contribution in [2.24, 2.45) is 5.92 Å². The van der Waals surface area contributed by atoms with Gasteiger partial charge in [-0.2, -0.15) is 0 Å². The molecule has 0 spiro atoms. The molecule has 0 unspecified atom stereocenters. The van der Waals surface area contributed by atoms with Crippen LogP contribution in [-0.4, -0.2) is 28.8 Å². The highest BCUT2D eigenvalue weighted by atomic mass is 16.4. The first-order valence-electron chi connectivity index (χ1n) is 9.70. The van der Waals surface area contributed by atoms with Crippen LogP contribution in [0.5, 0.6) is 0 Å². The molecule has 1 fully saturated rings. The summed E-state index contributed by atoms with van der Waals surface area (Å²) in [7, 11) is 0. The molecular weight excluding hydrogens is 330 g/mol. The Kier molecular flexibility index (Phi) is 6.07. The van der Waals surface area contributed by atoms with Crippen LogP contribution in [0.4, 0.5) is 0 Å². The second kappa shape index (κ2) is 8.47. The average molecular weight is 357 g/mol. The predicted molar refractivity (Wildman–Crippen MR) is 98.2 cm³/mol. The maximum Gasteiger partial charge on any atom is 0.306 e. The molecule has 1 aromatic rings. The average Bonchev–Trinajstić information content (AvgIpc) is 2.66. The molecule has 1 aromatic carbocycles. The number of carboxylic acid groups (broad SMARTS) is 1. The van der Waals surface area contributed by atoms with Crippen LogP contribution in [-0.2, 0) is 22.4 Å². The maximum atomic E-state index is 12.4. The van der Waals surface area contributed by atoms with Crippen molar-refractivity contribution < 1.29 is 19.5 Å². The monoisotopic (exact) mass is 357 g/mol. The van der Waals surface area contributed by atoms with E-state index in [0.29, 0.717) is 31.2 Å². The standard InChI is InChI=1S/C21H27NO4/c23-19(17-6-5-14-3-1-2-4-16(14)13-17)11-12-20(24)22-18-9-7-15(8-10-18)21(25)26/h5-6,13,15,18H,1-4,7-12H2,(H,22,24)(H,25,26). The minimum Gasteiger partial charge on any atom is -0.481 e. The Hall–Kier alpha value is -2.17. The molecule has 26 heavy (non-hydrogen) atoms. The number of aliphatic carboxylic acids is 1. The predicted octanol–water partition coefficient (Wildman–Crippen LogP) is 3.29. The molecule has 140 valence electrons. The van der Waals surface area contributed by atoms with Gasteiger partial charge in [0.2, 0.25) is 5.91 Å². The van der Waals surface area contributed by atoms with Gasteiger partial charge in [0, 0.05) is 24.4 Å². The first-order valence-corrected chi connectivity index (χ1v) is 9.70. The molecular formula is C21H27NO4. The van der Waals surface area contributed by atoms with E-state index in [-0.39, 0.29) is 36.5 Å². The van der Waals surface area contributed by atoms with E-state index in [1.54, 1.807) is 0 Å². The number of hydrogen-bond donors (Lipinski definition) is 2. The Morgan fingerprint density at radius 3 is 2.35 bits per heavy atom. The molecule has 1 amide bonds. The largest absolute Gasteiger partial charge is 0.481 e. The molecule has 5 nitrogen and oxygen atoms in total. The lowest BCUT2D eigenvalue weighted by Crippen LogP contribution is -2.38. The first kappa shape index (κ1) is 18.6. The van der Waals surface area contributed by atoms with Gasteiger partial charge in [-0.25, -0.2) is 0 Å². The summed E-state index contributed by atoms with van der Waals surface area (Å²) in [6.07, 6.45) is 7.54. The molecule has 2 aliphatic carbocycles. The number of benzene rings is 1. The van der Waals surface area contributed by atoms with Gasteiger partial charge in [0.05, 0.1) is 5.92 Å². The third-order valence-corrected chi connectivity index (χ3v) is 5.69. The molecule has 0 saturated heterocycles. The highest BCUT2D eigenvalue weighted by molar-refractivity contribution is 5.98. The summed E-state index contributed by atoms with van der Waals surface area (Å²) in [6.45, 7) is 0. The zero-order valence-electron chi connectivity index (χ0n) is 15.1. The van der Waals surface area contributed by atoms with Crippen molar-refractivity contribution in [2.45, 2.75) is 70.3 Å². The van der Waals surface area contributed by atoms with Gasteiger partial charge in [-0.1, -0.05) is 12.1 Å². The highest BCUT2D eigenvalue weighted by Crippen LogP contribution is 2.25. The summed E-state index contributed by atoms with van der Waals surface area (Å²) in [5.74, 6) is -1.13. The SMILES string of the molecule is O=C(CCC(=O)c1ccc2c(c1)CCCC2)NC1CCC(C(=O)O)CC1. The summed E-state index contributed by atoms with van der Waals surface area (Å²) in [4.78, 5) is 35.5. The number of carbonyl (C=O) groups is 3. The van der Waals surface area contributed by atoms with Crippen molar-refractivity contribution in [3.63, 3.8) is 0 Å². The molecule has 3 rings (SSSR count). The molecule has 5 heteroatoms. The summed E-state index contributed by atoms with van der Waals surface area (Å²) < 4.78 is 0. The molecule has 0 bridgehead atoms. The van der Waals surface area contributed by atoms with E-state index in [1.807, 2.05) is 12.1 Å².